The predicted octanol–water partition coefficient (Wildman–Crippen LogP) is 5.73. The van der Waals surface area contributed by atoms with Crippen LogP contribution in [-0.2, 0) is 20.1 Å². The molecule has 2 aromatic heterocycles. The molecule has 6 aromatic rings. The minimum absolute atomic E-state index is 0.0247. The van der Waals surface area contributed by atoms with Crippen molar-refractivity contribution in [1.82, 2.24) is 10.1 Å². The van der Waals surface area contributed by atoms with Crippen LogP contribution in [0.2, 0.25) is 0 Å². The number of hydrogen-bond donors (Lipinski definition) is 4. The Morgan fingerprint density at radius 3 is 2.14 bits per heavy atom. The third-order valence-electron chi connectivity index (χ3n) is 6.67. The van der Waals surface area contributed by atoms with Crippen LogP contribution in [0.5, 0.6) is 0 Å². The average molecular weight is 630 g/mol. The molecule has 1 amide bonds. The first-order valence-electron chi connectivity index (χ1n) is 13.0. The number of hydrogen-bond acceptors (Lipinski definition) is 9. The van der Waals surface area contributed by atoms with Crippen LogP contribution in [0.4, 0.5) is 22.9 Å². The van der Waals surface area contributed by atoms with E-state index in [1.54, 1.807) is 31.2 Å². The molecule has 14 heteroatoms. The number of sulfonamides is 1. The Morgan fingerprint density at radius 1 is 0.795 bits per heavy atom. The van der Waals surface area contributed by atoms with Gasteiger partial charge in [0.05, 0.1) is 32.1 Å². The van der Waals surface area contributed by atoms with Crippen LogP contribution in [0.1, 0.15) is 16.1 Å². The molecule has 0 spiro atoms. The zero-order chi connectivity index (χ0) is 31.1. The van der Waals surface area contributed by atoms with Gasteiger partial charge in [-0.2, -0.15) is 8.42 Å². The van der Waals surface area contributed by atoms with Gasteiger partial charge in [0.2, 0.25) is 0 Å². The van der Waals surface area contributed by atoms with Gasteiger partial charge in [-0.3, -0.25) is 14.1 Å². The Labute approximate surface area is 251 Å². The molecule has 0 aliphatic carbocycles. The number of nitrogens with one attached hydrogen (secondary N) is 3. The molecule has 4 aromatic carbocycles. The number of aryl methyl sites for hydroxylation is 1. The number of nitrogens with zero attached hydrogens (tertiary/aromatic N) is 2. The maximum atomic E-state index is 13.4. The Hall–Kier alpha value is -5.31. The van der Waals surface area contributed by atoms with Gasteiger partial charge in [0.15, 0.2) is 5.82 Å². The summed E-state index contributed by atoms with van der Waals surface area (Å²) in [5, 5.41) is 11.2. The van der Waals surface area contributed by atoms with Gasteiger partial charge in [-0.15, -0.1) is 0 Å². The Bertz CT molecular complexity index is 2270. The lowest BCUT2D eigenvalue weighted by Gasteiger charge is -2.16. The summed E-state index contributed by atoms with van der Waals surface area (Å²) in [5.74, 6) is 0.0664. The highest BCUT2D eigenvalue weighted by atomic mass is 32.2. The Morgan fingerprint density at radius 2 is 1.45 bits per heavy atom. The molecule has 0 atom stereocenters. The van der Waals surface area contributed by atoms with Crippen molar-refractivity contribution in [2.45, 2.75) is 16.7 Å². The van der Waals surface area contributed by atoms with Crippen LogP contribution in [0.3, 0.4) is 0 Å². The van der Waals surface area contributed by atoms with Crippen molar-refractivity contribution >= 4 is 70.7 Å². The summed E-state index contributed by atoms with van der Waals surface area (Å²) in [6, 6.07) is 25.3. The third kappa shape index (κ3) is 5.81. The van der Waals surface area contributed by atoms with Crippen LogP contribution in [0, 0.1) is 6.92 Å². The van der Waals surface area contributed by atoms with E-state index in [0.29, 0.717) is 39.2 Å². The van der Waals surface area contributed by atoms with Crippen LogP contribution >= 0.6 is 0 Å². The van der Waals surface area contributed by atoms with Gasteiger partial charge >= 0.3 is 0 Å². The fraction of sp³-hybridized carbons (Fsp3) is 0.0333. The van der Waals surface area contributed by atoms with Gasteiger partial charge in [-0.1, -0.05) is 35.5 Å². The van der Waals surface area contributed by atoms with Gasteiger partial charge in [0, 0.05) is 28.2 Å². The van der Waals surface area contributed by atoms with E-state index in [4.69, 9.17) is 9.51 Å². The lowest BCUT2D eigenvalue weighted by Crippen LogP contribution is -2.13. The molecule has 2 heterocycles. The van der Waals surface area contributed by atoms with E-state index in [1.165, 1.54) is 42.5 Å². The molecule has 0 fully saturated rings. The van der Waals surface area contributed by atoms with E-state index in [9.17, 15) is 26.2 Å². The van der Waals surface area contributed by atoms with Crippen LogP contribution in [0.25, 0.3) is 21.8 Å². The molecule has 6 rings (SSSR count). The topological polar surface area (TPSA) is 181 Å². The van der Waals surface area contributed by atoms with Crippen LogP contribution in [0.15, 0.2) is 111 Å². The molecule has 0 radical (unpaired) electrons. The van der Waals surface area contributed by atoms with Crippen LogP contribution < -0.4 is 15.4 Å². The second kappa shape index (κ2) is 11.1. The number of anilines is 4. The van der Waals surface area contributed by atoms with Crippen molar-refractivity contribution in [2.24, 2.45) is 0 Å². The number of amides is 1. The number of carbonyl (C=O) groups excluding carboxylic acids is 1. The van der Waals surface area contributed by atoms with E-state index < -0.39 is 26.0 Å². The summed E-state index contributed by atoms with van der Waals surface area (Å²) in [4.78, 5) is 17.9. The van der Waals surface area contributed by atoms with Crippen LogP contribution in [-0.4, -0.2) is 37.4 Å². The van der Waals surface area contributed by atoms with E-state index in [0.717, 1.165) is 5.39 Å². The lowest BCUT2D eigenvalue weighted by atomic mass is 10.0. The maximum Gasteiger partial charge on any atom is 0.294 e. The average Bonchev–Trinajstić information content (AvgIpc) is 3.40. The van der Waals surface area contributed by atoms with Crippen molar-refractivity contribution in [3.8, 4) is 0 Å². The van der Waals surface area contributed by atoms with Crippen molar-refractivity contribution < 1.29 is 30.7 Å². The second-order valence-electron chi connectivity index (χ2n) is 9.74. The monoisotopic (exact) mass is 629 g/mol. The molecule has 222 valence electrons. The van der Waals surface area contributed by atoms with Gasteiger partial charge in [0.25, 0.3) is 26.0 Å². The minimum atomic E-state index is -4.37. The lowest BCUT2D eigenvalue weighted by molar-refractivity contribution is 0.102. The quantitative estimate of drug-likeness (QED) is 0.120. The predicted molar refractivity (Wildman–Crippen MR) is 165 cm³/mol. The Balaban J connectivity index is 1.34. The molecule has 0 aliphatic rings. The Kier molecular flexibility index (Phi) is 7.25. The first-order chi connectivity index (χ1) is 21.0. The van der Waals surface area contributed by atoms with Crippen molar-refractivity contribution in [3.63, 3.8) is 0 Å². The van der Waals surface area contributed by atoms with Gasteiger partial charge in [-0.25, -0.2) is 13.4 Å². The molecule has 0 unspecified atom stereocenters. The van der Waals surface area contributed by atoms with Crippen molar-refractivity contribution in [1.29, 1.82) is 0 Å². The molecule has 4 N–H and O–H groups in total. The zero-order valence-corrected chi connectivity index (χ0v) is 24.5. The maximum absolute atomic E-state index is 13.4. The molecule has 12 nitrogen and oxygen atoms in total. The highest BCUT2D eigenvalue weighted by molar-refractivity contribution is 7.92. The van der Waals surface area contributed by atoms with Gasteiger partial charge < -0.3 is 15.2 Å². The number of benzene rings is 4. The van der Waals surface area contributed by atoms with Crippen molar-refractivity contribution in [2.75, 3.05) is 15.4 Å². The smallest absolute Gasteiger partial charge is 0.294 e. The molecule has 0 aliphatic heterocycles. The van der Waals surface area contributed by atoms with E-state index in [2.05, 4.69) is 20.5 Å². The summed E-state index contributed by atoms with van der Waals surface area (Å²) in [5.41, 5.74) is 2.86. The summed E-state index contributed by atoms with van der Waals surface area (Å²) in [6.45, 7) is 1.65. The number of aromatic nitrogens is 2. The number of rotatable bonds is 8. The van der Waals surface area contributed by atoms with Gasteiger partial charge in [0.1, 0.15) is 5.76 Å². The SMILES string of the molecule is Cc1cc(NS(=O)(=O)c2ccc(Nc3c4ccccc4nc4c(C(=O)Nc5ccc(S(=O)(=O)O)cc5)cccc34)cc2)no1. The number of para-hydroxylation sites is 2. The fourth-order valence-corrected chi connectivity index (χ4v) is 6.08. The van der Waals surface area contributed by atoms with E-state index >= 15 is 0 Å². The summed E-state index contributed by atoms with van der Waals surface area (Å²) in [6.07, 6.45) is 0. The summed E-state index contributed by atoms with van der Waals surface area (Å²) >= 11 is 0. The molecule has 0 saturated heterocycles. The third-order valence-corrected chi connectivity index (χ3v) is 8.91. The molecule has 0 saturated carbocycles. The fourth-order valence-electron chi connectivity index (χ4n) is 4.61. The van der Waals surface area contributed by atoms with Crippen molar-refractivity contribution in [3.05, 3.63) is 108 Å². The normalized spacial score (nSPS) is 11.9. The minimum Gasteiger partial charge on any atom is -0.360 e. The number of pyridine rings is 1. The first kappa shape index (κ1) is 28.8. The molecular formula is C30H23N5O7S2. The standard InChI is InChI=1S/C30H23N5O7S2/c1-18-17-27(34-42-18)35-43(37,38)21-13-9-19(10-14-21)31-28-23-5-2-3-8-26(23)33-29-24(28)6-4-7-25(29)30(36)32-20-11-15-22(16-12-20)44(39,40)41/h2-17H,1H3,(H,31,33)(H,32,36)(H,34,35)(H,39,40,41). The summed E-state index contributed by atoms with van der Waals surface area (Å²) < 4.78 is 64.9. The molecule has 44 heavy (non-hydrogen) atoms. The zero-order valence-electron chi connectivity index (χ0n) is 22.8. The summed E-state index contributed by atoms with van der Waals surface area (Å²) in [7, 11) is -8.28. The number of carbonyl (C=O) groups is 1. The van der Waals surface area contributed by atoms with E-state index in [1.807, 2.05) is 30.3 Å². The first-order valence-corrected chi connectivity index (χ1v) is 15.9. The van der Waals surface area contributed by atoms with E-state index in [-0.39, 0.29) is 21.2 Å². The molecular weight excluding hydrogens is 606 g/mol. The van der Waals surface area contributed by atoms with Gasteiger partial charge in [-0.05, 0) is 67.6 Å². The second-order valence-corrected chi connectivity index (χ2v) is 12.8. The number of fused-ring (bicyclic) bond motifs is 2. The highest BCUT2D eigenvalue weighted by Crippen LogP contribution is 2.35. The largest absolute Gasteiger partial charge is 0.360 e. The highest BCUT2D eigenvalue weighted by Gasteiger charge is 2.19. The molecule has 0 bridgehead atoms.